The van der Waals surface area contributed by atoms with Gasteiger partial charge in [-0.1, -0.05) is 28.1 Å². The predicted molar refractivity (Wildman–Crippen MR) is 89.6 cm³/mol. The van der Waals surface area contributed by atoms with E-state index >= 15 is 0 Å². The summed E-state index contributed by atoms with van der Waals surface area (Å²) in [6, 6.07) is 11.4. The Labute approximate surface area is 141 Å². The Hall–Kier alpha value is -2.47. The molecule has 6 heteroatoms. The van der Waals surface area contributed by atoms with Crippen LogP contribution in [0.5, 0.6) is 0 Å². The monoisotopic (exact) mass is 375 g/mol. The van der Waals surface area contributed by atoms with Crippen molar-refractivity contribution in [3.63, 3.8) is 0 Å². The molecule has 23 heavy (non-hydrogen) atoms. The molecule has 1 amide bonds. The van der Waals surface area contributed by atoms with Crippen LogP contribution in [-0.4, -0.2) is 24.8 Å². The van der Waals surface area contributed by atoms with Crippen LogP contribution in [0.15, 0.2) is 46.9 Å². The Morgan fingerprint density at radius 3 is 2.48 bits per heavy atom. The van der Waals surface area contributed by atoms with Gasteiger partial charge in [-0.25, -0.2) is 4.79 Å². The minimum atomic E-state index is -0.620. The minimum absolute atomic E-state index is 0.281. The van der Waals surface area contributed by atoms with Crippen molar-refractivity contribution in [3.8, 4) is 0 Å². The number of esters is 1. The molecule has 0 spiro atoms. The van der Waals surface area contributed by atoms with Crippen molar-refractivity contribution in [2.75, 3.05) is 11.9 Å². The molecule has 0 aliphatic heterocycles. The molecule has 0 bridgehead atoms. The molecule has 0 saturated carbocycles. The Morgan fingerprint density at radius 2 is 1.87 bits per heavy atom. The van der Waals surface area contributed by atoms with Crippen LogP contribution in [0.1, 0.15) is 26.3 Å². The molecule has 0 unspecified atom stereocenters. The van der Waals surface area contributed by atoms with Crippen LogP contribution in [0, 0.1) is 6.92 Å². The molecular formula is C17H14BrNO4. The molecule has 5 nitrogen and oxygen atoms in total. The molecule has 118 valence electrons. The second kappa shape index (κ2) is 7.69. The average Bonchev–Trinajstić information content (AvgIpc) is 2.55. The molecule has 1 N–H and O–H groups in total. The Morgan fingerprint density at radius 1 is 1.17 bits per heavy atom. The molecular weight excluding hydrogens is 362 g/mol. The van der Waals surface area contributed by atoms with Gasteiger partial charge in [0.25, 0.3) is 5.91 Å². The maximum absolute atomic E-state index is 11.8. The number of benzene rings is 2. The number of nitrogens with one attached hydrogen (secondary N) is 1. The number of amides is 1. The van der Waals surface area contributed by atoms with Crippen LogP contribution in [0.2, 0.25) is 0 Å². The summed E-state index contributed by atoms with van der Waals surface area (Å²) in [6.45, 7) is 1.48. The molecule has 0 aliphatic carbocycles. The van der Waals surface area contributed by atoms with E-state index in [0.29, 0.717) is 17.5 Å². The van der Waals surface area contributed by atoms with E-state index in [1.54, 1.807) is 6.07 Å². The van der Waals surface area contributed by atoms with Crippen molar-refractivity contribution in [1.29, 1.82) is 0 Å². The Bertz CT molecular complexity index is 741. The molecule has 0 radical (unpaired) electrons. The standard InChI is InChI=1S/C17H14BrNO4/c1-11-8-14(18)6-7-15(11)19-16(21)10-23-17(22)13-4-2-12(9-20)3-5-13/h2-9H,10H2,1H3,(H,19,21). The van der Waals surface area contributed by atoms with Crippen LogP contribution in [-0.2, 0) is 9.53 Å². The molecule has 2 aromatic rings. The van der Waals surface area contributed by atoms with E-state index < -0.39 is 11.9 Å². The van der Waals surface area contributed by atoms with Gasteiger partial charge >= 0.3 is 5.97 Å². The lowest BCUT2D eigenvalue weighted by atomic mass is 10.1. The van der Waals surface area contributed by atoms with Crippen molar-refractivity contribution >= 4 is 39.8 Å². The second-order valence-electron chi connectivity index (χ2n) is 4.82. The van der Waals surface area contributed by atoms with E-state index in [-0.39, 0.29) is 12.2 Å². The number of carbonyl (C=O) groups is 3. The predicted octanol–water partition coefficient (Wildman–Crippen LogP) is 3.37. The van der Waals surface area contributed by atoms with Gasteiger partial charge < -0.3 is 10.1 Å². The summed E-state index contributed by atoms with van der Waals surface area (Å²) in [5.41, 5.74) is 2.29. The first-order valence-electron chi connectivity index (χ1n) is 6.78. The zero-order valence-electron chi connectivity index (χ0n) is 12.3. The highest BCUT2D eigenvalue weighted by molar-refractivity contribution is 9.10. The van der Waals surface area contributed by atoms with Crippen LogP contribution in [0.25, 0.3) is 0 Å². The molecule has 0 aromatic heterocycles. The number of aldehydes is 1. The van der Waals surface area contributed by atoms with Gasteiger partial charge in [0.15, 0.2) is 6.61 Å². The molecule has 0 atom stereocenters. The fraction of sp³-hybridized carbons (Fsp3) is 0.118. The van der Waals surface area contributed by atoms with E-state index in [4.69, 9.17) is 4.74 Å². The summed E-state index contributed by atoms with van der Waals surface area (Å²) < 4.78 is 5.87. The Kier molecular flexibility index (Phi) is 5.65. The summed E-state index contributed by atoms with van der Waals surface area (Å²) in [6.07, 6.45) is 0.684. The van der Waals surface area contributed by atoms with Gasteiger partial charge in [-0.15, -0.1) is 0 Å². The van der Waals surface area contributed by atoms with E-state index in [1.165, 1.54) is 24.3 Å². The number of carbonyl (C=O) groups excluding carboxylic acids is 3. The quantitative estimate of drug-likeness (QED) is 0.642. The van der Waals surface area contributed by atoms with Crippen molar-refractivity contribution in [1.82, 2.24) is 0 Å². The molecule has 0 aliphatic rings. The lowest BCUT2D eigenvalue weighted by Crippen LogP contribution is -2.21. The zero-order chi connectivity index (χ0) is 16.8. The molecule has 0 saturated heterocycles. The summed E-state index contributed by atoms with van der Waals surface area (Å²) in [4.78, 5) is 34.2. The van der Waals surface area contributed by atoms with Crippen molar-refractivity contribution < 1.29 is 19.1 Å². The number of ether oxygens (including phenoxy) is 1. The highest BCUT2D eigenvalue weighted by atomic mass is 79.9. The maximum Gasteiger partial charge on any atom is 0.338 e. The summed E-state index contributed by atoms with van der Waals surface area (Å²) in [7, 11) is 0. The third kappa shape index (κ3) is 4.75. The zero-order valence-corrected chi connectivity index (χ0v) is 13.9. The van der Waals surface area contributed by atoms with Crippen LogP contribution in [0.4, 0.5) is 5.69 Å². The molecule has 0 fully saturated rings. The van der Waals surface area contributed by atoms with Gasteiger partial charge in [0.05, 0.1) is 5.56 Å². The SMILES string of the molecule is Cc1cc(Br)ccc1NC(=O)COC(=O)c1ccc(C=O)cc1. The largest absolute Gasteiger partial charge is 0.452 e. The topological polar surface area (TPSA) is 72.5 Å². The van der Waals surface area contributed by atoms with Gasteiger partial charge in [-0.2, -0.15) is 0 Å². The number of rotatable bonds is 5. The van der Waals surface area contributed by atoms with E-state index in [0.717, 1.165) is 10.0 Å². The van der Waals surface area contributed by atoms with Crippen LogP contribution >= 0.6 is 15.9 Å². The minimum Gasteiger partial charge on any atom is -0.452 e. The van der Waals surface area contributed by atoms with Gasteiger partial charge in [0.2, 0.25) is 0 Å². The highest BCUT2D eigenvalue weighted by Crippen LogP contribution is 2.19. The van der Waals surface area contributed by atoms with E-state index in [9.17, 15) is 14.4 Å². The first-order valence-corrected chi connectivity index (χ1v) is 7.57. The summed E-state index contributed by atoms with van der Waals surface area (Å²) in [5, 5.41) is 2.68. The third-order valence-corrected chi connectivity index (χ3v) is 3.57. The van der Waals surface area contributed by atoms with Gasteiger partial charge in [0.1, 0.15) is 6.29 Å². The highest BCUT2D eigenvalue weighted by Gasteiger charge is 2.11. The van der Waals surface area contributed by atoms with Gasteiger partial charge in [-0.05, 0) is 42.8 Å². The van der Waals surface area contributed by atoms with Crippen LogP contribution in [0.3, 0.4) is 0 Å². The van der Waals surface area contributed by atoms with E-state index in [1.807, 2.05) is 19.1 Å². The average molecular weight is 376 g/mol. The van der Waals surface area contributed by atoms with E-state index in [2.05, 4.69) is 21.2 Å². The molecule has 2 aromatic carbocycles. The fourth-order valence-corrected chi connectivity index (χ4v) is 2.34. The van der Waals surface area contributed by atoms with Crippen molar-refractivity contribution in [3.05, 3.63) is 63.6 Å². The molecule has 2 rings (SSSR count). The van der Waals surface area contributed by atoms with Gasteiger partial charge in [0, 0.05) is 15.7 Å². The first-order chi connectivity index (χ1) is 11.0. The molecule has 0 heterocycles. The van der Waals surface area contributed by atoms with Crippen molar-refractivity contribution in [2.45, 2.75) is 6.92 Å². The lowest BCUT2D eigenvalue weighted by Gasteiger charge is -2.09. The van der Waals surface area contributed by atoms with Crippen molar-refractivity contribution in [2.24, 2.45) is 0 Å². The first kappa shape index (κ1) is 16.9. The maximum atomic E-state index is 11.8. The second-order valence-corrected chi connectivity index (χ2v) is 5.74. The fourth-order valence-electron chi connectivity index (χ4n) is 1.87. The number of hydrogen-bond donors (Lipinski definition) is 1. The Balaban J connectivity index is 1.90. The number of anilines is 1. The number of aryl methyl sites for hydroxylation is 1. The summed E-state index contributed by atoms with van der Waals surface area (Å²) >= 11 is 3.34. The van der Waals surface area contributed by atoms with Gasteiger partial charge in [-0.3, -0.25) is 9.59 Å². The lowest BCUT2D eigenvalue weighted by molar-refractivity contribution is -0.119. The van der Waals surface area contributed by atoms with Crippen LogP contribution < -0.4 is 5.32 Å². The normalized spacial score (nSPS) is 10.0. The third-order valence-electron chi connectivity index (χ3n) is 3.08. The smallest absolute Gasteiger partial charge is 0.338 e. The summed E-state index contributed by atoms with van der Waals surface area (Å²) in [5.74, 6) is -1.04. The number of halogens is 1. The number of hydrogen-bond acceptors (Lipinski definition) is 4.